The van der Waals surface area contributed by atoms with E-state index in [0.717, 1.165) is 0 Å². The molecule has 25 heavy (non-hydrogen) atoms. The zero-order chi connectivity index (χ0) is 18.6. The van der Waals surface area contributed by atoms with E-state index in [0.29, 0.717) is 11.4 Å². The third-order valence-electron chi connectivity index (χ3n) is 4.77. The lowest BCUT2D eigenvalue weighted by atomic mass is 10.1. The number of piperazine rings is 1. The predicted molar refractivity (Wildman–Crippen MR) is 99.0 cm³/mol. The molecule has 0 aromatic heterocycles. The van der Waals surface area contributed by atoms with Crippen LogP contribution in [0.25, 0.3) is 0 Å². The molecule has 1 unspecified atom stereocenters. The van der Waals surface area contributed by atoms with Crippen molar-refractivity contribution < 1.29 is 13.2 Å². The summed E-state index contributed by atoms with van der Waals surface area (Å²) in [6.07, 6.45) is 0.401. The number of carbonyl (C=O) groups excluding carboxylic acids is 1. The molecule has 1 aliphatic carbocycles. The van der Waals surface area contributed by atoms with Crippen molar-refractivity contribution in [1.29, 1.82) is 0 Å². The first kappa shape index (κ1) is 19.5. The van der Waals surface area contributed by atoms with Crippen LogP contribution in [0, 0.1) is 5.41 Å². The van der Waals surface area contributed by atoms with Crippen molar-refractivity contribution in [3.63, 3.8) is 0 Å². The lowest BCUT2D eigenvalue weighted by molar-refractivity contribution is -0.137. The van der Waals surface area contributed by atoms with E-state index in [-0.39, 0.29) is 42.0 Å². The smallest absolute Gasteiger partial charge is 0.244 e. The van der Waals surface area contributed by atoms with Crippen LogP contribution in [0.3, 0.4) is 0 Å². The van der Waals surface area contributed by atoms with E-state index in [1.54, 1.807) is 11.8 Å². The molecule has 1 heterocycles. The quantitative estimate of drug-likeness (QED) is 0.669. The van der Waals surface area contributed by atoms with Gasteiger partial charge in [0.15, 0.2) is 0 Å². The number of rotatable bonds is 3. The van der Waals surface area contributed by atoms with Gasteiger partial charge in [0.2, 0.25) is 15.9 Å². The molecule has 1 amide bonds. The van der Waals surface area contributed by atoms with Crippen molar-refractivity contribution in [2.24, 2.45) is 5.41 Å². The van der Waals surface area contributed by atoms with Crippen LogP contribution in [0.1, 0.15) is 13.3 Å². The summed E-state index contributed by atoms with van der Waals surface area (Å²) >= 11 is 24.0. The normalized spacial score (nSPS) is 26.5. The number of hydrogen-bond acceptors (Lipinski definition) is 3. The van der Waals surface area contributed by atoms with Gasteiger partial charge in [-0.2, -0.15) is 4.31 Å². The molecule has 1 saturated heterocycles. The molecule has 2 fully saturated rings. The van der Waals surface area contributed by atoms with Crippen molar-refractivity contribution >= 4 is 62.3 Å². The number of amides is 1. The second kappa shape index (κ2) is 6.43. The molecule has 1 saturated carbocycles. The molecule has 0 radical (unpaired) electrons. The Balaban J connectivity index is 1.72. The minimum Gasteiger partial charge on any atom is -0.339 e. The Morgan fingerprint density at radius 2 is 1.68 bits per heavy atom. The Kier molecular flexibility index (Phi) is 5.02. The van der Waals surface area contributed by atoms with Gasteiger partial charge < -0.3 is 4.90 Å². The van der Waals surface area contributed by atoms with E-state index in [4.69, 9.17) is 46.4 Å². The van der Waals surface area contributed by atoms with Crippen LogP contribution in [0.4, 0.5) is 0 Å². The third kappa shape index (κ3) is 3.37. The van der Waals surface area contributed by atoms with Crippen LogP contribution in [0.2, 0.25) is 10.0 Å². The van der Waals surface area contributed by atoms with Gasteiger partial charge in [0.05, 0.1) is 10.4 Å². The van der Waals surface area contributed by atoms with E-state index in [1.165, 1.54) is 22.5 Å². The molecular formula is C15H16Cl4N2O3S. The Hall–Kier alpha value is -0.240. The van der Waals surface area contributed by atoms with E-state index in [2.05, 4.69) is 0 Å². The fourth-order valence-corrected chi connectivity index (χ4v) is 5.78. The summed E-state index contributed by atoms with van der Waals surface area (Å²) in [7, 11) is -3.78. The summed E-state index contributed by atoms with van der Waals surface area (Å²) in [5.74, 6) is -0.143. The number of alkyl halides is 2. The van der Waals surface area contributed by atoms with E-state index >= 15 is 0 Å². The highest BCUT2D eigenvalue weighted by Gasteiger charge is 2.68. The summed E-state index contributed by atoms with van der Waals surface area (Å²) < 4.78 is 25.8. The van der Waals surface area contributed by atoms with Crippen molar-refractivity contribution in [2.75, 3.05) is 26.2 Å². The van der Waals surface area contributed by atoms with Gasteiger partial charge in [-0.05, 0) is 31.5 Å². The Labute approximate surface area is 166 Å². The lowest BCUT2D eigenvalue weighted by Crippen LogP contribution is -2.52. The first-order valence-corrected chi connectivity index (χ1v) is 10.6. The molecule has 1 aromatic carbocycles. The predicted octanol–water partition coefficient (Wildman–Crippen LogP) is 3.41. The molecule has 1 atom stereocenters. The molecule has 10 heteroatoms. The summed E-state index contributed by atoms with van der Waals surface area (Å²) in [5, 5.41) is 0.404. The first-order valence-electron chi connectivity index (χ1n) is 7.61. The van der Waals surface area contributed by atoms with E-state index in [1.807, 2.05) is 0 Å². The summed E-state index contributed by atoms with van der Waals surface area (Å²) in [6.45, 7) is 2.62. The molecule has 0 N–H and O–H groups in total. The number of hydrogen-bond donors (Lipinski definition) is 0. The van der Waals surface area contributed by atoms with Crippen molar-refractivity contribution in [3.8, 4) is 0 Å². The van der Waals surface area contributed by atoms with E-state index in [9.17, 15) is 13.2 Å². The first-order chi connectivity index (χ1) is 11.5. The fraction of sp³-hybridized carbons (Fsp3) is 0.533. The van der Waals surface area contributed by atoms with Gasteiger partial charge in [-0.15, -0.1) is 23.2 Å². The molecule has 2 aliphatic rings. The second-order valence-corrected chi connectivity index (χ2v) is 10.7. The van der Waals surface area contributed by atoms with E-state index < -0.39 is 19.8 Å². The summed E-state index contributed by atoms with van der Waals surface area (Å²) in [6, 6.07) is 4.31. The largest absolute Gasteiger partial charge is 0.339 e. The molecule has 1 aromatic rings. The second-order valence-electron chi connectivity index (χ2n) is 6.48. The monoisotopic (exact) mass is 444 g/mol. The highest BCUT2D eigenvalue weighted by molar-refractivity contribution is 7.89. The Morgan fingerprint density at radius 1 is 1.12 bits per heavy atom. The maximum absolute atomic E-state index is 12.8. The molecule has 3 rings (SSSR count). The topological polar surface area (TPSA) is 57.7 Å². The average Bonchev–Trinajstić information content (AvgIpc) is 3.08. The standard InChI is InChI=1S/C15H16Cl4N2O3S/c1-14(9-15(14,18)19)13(22)20-4-6-21(7-5-20)25(23,24)12-8-10(16)2-3-11(12)17/h2-3,8H,4-7,9H2,1H3. The highest BCUT2D eigenvalue weighted by atomic mass is 35.5. The average molecular weight is 446 g/mol. The van der Waals surface area contributed by atoms with Gasteiger partial charge in [-0.1, -0.05) is 23.2 Å². The zero-order valence-corrected chi connectivity index (χ0v) is 17.1. The van der Waals surface area contributed by atoms with Gasteiger partial charge in [-0.3, -0.25) is 4.79 Å². The number of sulfonamides is 1. The molecule has 1 aliphatic heterocycles. The van der Waals surface area contributed by atoms with Gasteiger partial charge >= 0.3 is 0 Å². The van der Waals surface area contributed by atoms with Crippen LogP contribution in [0.5, 0.6) is 0 Å². The number of halogens is 4. The zero-order valence-electron chi connectivity index (χ0n) is 13.3. The summed E-state index contributed by atoms with van der Waals surface area (Å²) in [4.78, 5) is 14.2. The maximum Gasteiger partial charge on any atom is 0.244 e. The highest BCUT2D eigenvalue weighted by Crippen LogP contribution is 2.64. The minimum atomic E-state index is -3.78. The molecule has 138 valence electrons. The maximum atomic E-state index is 12.8. The third-order valence-corrected chi connectivity index (χ3v) is 8.48. The number of nitrogens with zero attached hydrogens (tertiary/aromatic N) is 2. The van der Waals surface area contributed by atoms with Crippen molar-refractivity contribution in [2.45, 2.75) is 22.6 Å². The van der Waals surface area contributed by atoms with Gasteiger partial charge in [0.25, 0.3) is 0 Å². The lowest BCUT2D eigenvalue weighted by Gasteiger charge is -2.35. The van der Waals surface area contributed by atoms with Gasteiger partial charge in [0.1, 0.15) is 9.23 Å². The number of carbonyl (C=O) groups is 1. The minimum absolute atomic E-state index is 0.0314. The van der Waals surface area contributed by atoms with Crippen LogP contribution >= 0.6 is 46.4 Å². The van der Waals surface area contributed by atoms with Crippen molar-refractivity contribution in [3.05, 3.63) is 28.2 Å². The Morgan fingerprint density at radius 3 is 2.20 bits per heavy atom. The SMILES string of the molecule is CC1(C(=O)N2CCN(S(=O)(=O)c3cc(Cl)ccc3Cl)CC2)CC1(Cl)Cl. The molecule has 0 spiro atoms. The fourth-order valence-electron chi connectivity index (χ4n) is 2.93. The van der Waals surface area contributed by atoms with Crippen molar-refractivity contribution in [1.82, 2.24) is 9.21 Å². The Bertz CT molecular complexity index is 822. The molecule has 0 bridgehead atoms. The molecular weight excluding hydrogens is 430 g/mol. The van der Waals surface area contributed by atoms with Gasteiger partial charge in [-0.25, -0.2) is 8.42 Å². The van der Waals surface area contributed by atoms with Crippen LogP contribution in [-0.2, 0) is 14.8 Å². The van der Waals surface area contributed by atoms with Crippen LogP contribution in [0.15, 0.2) is 23.1 Å². The number of benzene rings is 1. The van der Waals surface area contributed by atoms with Crippen LogP contribution < -0.4 is 0 Å². The van der Waals surface area contributed by atoms with Crippen LogP contribution in [-0.4, -0.2) is 54.0 Å². The molecule has 5 nitrogen and oxygen atoms in total. The summed E-state index contributed by atoms with van der Waals surface area (Å²) in [5.41, 5.74) is -0.798. The van der Waals surface area contributed by atoms with Gasteiger partial charge in [0, 0.05) is 31.2 Å².